The maximum absolute atomic E-state index is 13.1. The van der Waals surface area contributed by atoms with Crippen LogP contribution in [0.2, 0.25) is 0 Å². The van der Waals surface area contributed by atoms with Gasteiger partial charge in [-0.2, -0.15) is 0 Å². The van der Waals surface area contributed by atoms with E-state index in [0.717, 1.165) is 29.0 Å². The third-order valence-corrected chi connectivity index (χ3v) is 5.58. The number of dihydropyridines is 1. The minimum absolute atomic E-state index is 0.0853. The zero-order chi connectivity index (χ0) is 19.9. The molecule has 1 heterocycles. The van der Waals surface area contributed by atoms with Crippen LogP contribution in [0, 0.1) is 5.41 Å². The van der Waals surface area contributed by atoms with E-state index in [2.05, 4.69) is 45.1 Å². The molecule has 0 radical (unpaired) electrons. The van der Waals surface area contributed by atoms with Crippen LogP contribution >= 0.6 is 0 Å². The van der Waals surface area contributed by atoms with E-state index < -0.39 is 0 Å². The number of hydrogen-bond acceptors (Lipinski definition) is 4. The fourth-order valence-corrected chi connectivity index (χ4v) is 4.22. The molecule has 0 saturated carbocycles. The minimum atomic E-state index is -0.387. The van der Waals surface area contributed by atoms with Gasteiger partial charge in [0.1, 0.15) is 0 Å². The van der Waals surface area contributed by atoms with Gasteiger partial charge >= 0.3 is 5.97 Å². The molecule has 1 atom stereocenters. The maximum atomic E-state index is 13.1. The number of ketones is 1. The molecule has 0 unspecified atom stereocenters. The van der Waals surface area contributed by atoms with E-state index in [-0.39, 0.29) is 23.1 Å². The first kappa shape index (κ1) is 19.4. The molecule has 1 aliphatic carbocycles. The summed E-state index contributed by atoms with van der Waals surface area (Å²) in [4.78, 5) is 25.7. The zero-order valence-electron chi connectivity index (χ0n) is 17.1. The number of hydrogen-bond donors (Lipinski definition) is 1. The summed E-state index contributed by atoms with van der Waals surface area (Å²) < 4.78 is 5.06. The van der Waals surface area contributed by atoms with Gasteiger partial charge in [0.15, 0.2) is 5.78 Å². The minimum Gasteiger partial charge on any atom is -0.466 e. The molecule has 0 bridgehead atoms. The molecule has 1 N–H and O–H groups in total. The summed E-state index contributed by atoms with van der Waals surface area (Å²) in [6.45, 7) is 10.4. The van der Waals surface area contributed by atoms with Crippen molar-refractivity contribution in [3.63, 3.8) is 0 Å². The van der Waals surface area contributed by atoms with Gasteiger partial charge in [0.25, 0.3) is 0 Å². The van der Waals surface area contributed by atoms with Crippen LogP contribution in [0.5, 0.6) is 0 Å². The normalized spacial score (nSPS) is 21.9. The monoisotopic (exact) mass is 367 g/mol. The van der Waals surface area contributed by atoms with E-state index in [0.29, 0.717) is 17.9 Å². The molecule has 4 nitrogen and oxygen atoms in total. The second-order valence-electron chi connectivity index (χ2n) is 8.74. The van der Waals surface area contributed by atoms with E-state index in [1.165, 1.54) is 12.7 Å². The fourth-order valence-electron chi connectivity index (χ4n) is 4.22. The summed E-state index contributed by atoms with van der Waals surface area (Å²) in [7, 11) is 1.39. The predicted molar refractivity (Wildman–Crippen MR) is 106 cm³/mol. The van der Waals surface area contributed by atoms with Crippen LogP contribution in [0.1, 0.15) is 70.4 Å². The largest absolute Gasteiger partial charge is 0.466 e. The second kappa shape index (κ2) is 6.99. The van der Waals surface area contributed by atoms with Crippen LogP contribution in [0.15, 0.2) is 46.8 Å². The molecule has 0 amide bonds. The van der Waals surface area contributed by atoms with Crippen LogP contribution in [0.4, 0.5) is 0 Å². The van der Waals surface area contributed by atoms with Crippen molar-refractivity contribution in [1.82, 2.24) is 5.32 Å². The Balaban J connectivity index is 2.16. The smallest absolute Gasteiger partial charge is 0.336 e. The lowest BCUT2D eigenvalue weighted by molar-refractivity contribution is -0.136. The Bertz CT molecular complexity index is 841. The third-order valence-electron chi connectivity index (χ3n) is 5.58. The first-order valence-corrected chi connectivity index (χ1v) is 9.57. The lowest BCUT2D eigenvalue weighted by atomic mass is 9.68. The Morgan fingerprint density at radius 3 is 2.37 bits per heavy atom. The van der Waals surface area contributed by atoms with Crippen LogP contribution in [-0.2, 0) is 14.3 Å². The summed E-state index contributed by atoms with van der Waals surface area (Å²) >= 11 is 0. The van der Waals surface area contributed by atoms with Crippen molar-refractivity contribution in [3.05, 3.63) is 57.9 Å². The van der Waals surface area contributed by atoms with Gasteiger partial charge in [0.2, 0.25) is 0 Å². The number of Topliss-reactive ketones (excluding diaryl/α,β-unsaturated/α-hetero) is 1. The lowest BCUT2D eigenvalue weighted by Gasteiger charge is -2.39. The van der Waals surface area contributed by atoms with E-state index in [1.54, 1.807) is 0 Å². The molecular formula is C23H29NO3. The van der Waals surface area contributed by atoms with Gasteiger partial charge in [0, 0.05) is 29.3 Å². The molecule has 1 aromatic rings. The number of rotatable bonds is 3. The molecule has 144 valence electrons. The number of esters is 1. The Kier molecular flexibility index (Phi) is 5.02. The molecule has 0 aromatic heterocycles. The highest BCUT2D eigenvalue weighted by atomic mass is 16.5. The maximum Gasteiger partial charge on any atom is 0.336 e. The van der Waals surface area contributed by atoms with Gasteiger partial charge in [-0.25, -0.2) is 4.79 Å². The molecule has 3 rings (SSSR count). The first-order valence-electron chi connectivity index (χ1n) is 9.57. The zero-order valence-corrected chi connectivity index (χ0v) is 17.1. The number of carbonyl (C=O) groups excluding carboxylic acids is 2. The average Bonchev–Trinajstić information content (AvgIpc) is 2.58. The van der Waals surface area contributed by atoms with Crippen molar-refractivity contribution in [1.29, 1.82) is 0 Å². The number of nitrogens with one attached hydrogen (secondary N) is 1. The highest BCUT2D eigenvalue weighted by molar-refractivity contribution is 6.04. The summed E-state index contributed by atoms with van der Waals surface area (Å²) in [5.74, 6) is -0.225. The van der Waals surface area contributed by atoms with Gasteiger partial charge < -0.3 is 10.1 Å². The molecule has 0 saturated heterocycles. The second-order valence-corrected chi connectivity index (χ2v) is 8.74. The van der Waals surface area contributed by atoms with Crippen molar-refractivity contribution in [2.24, 2.45) is 5.41 Å². The Hall–Kier alpha value is -2.36. The highest BCUT2D eigenvalue weighted by Gasteiger charge is 2.42. The molecular weight excluding hydrogens is 338 g/mol. The van der Waals surface area contributed by atoms with E-state index in [4.69, 9.17) is 4.74 Å². The van der Waals surface area contributed by atoms with Crippen LogP contribution < -0.4 is 5.32 Å². The standard InChI is InChI=1S/C23H29NO3/c1-13(2)15-7-9-16(10-8-15)20-19(22(26)27-6)14(3)24-17-11-23(4,5)12-18(25)21(17)20/h7-10,13,20,24H,11-12H2,1-6H3/t20-/m1/s1. The van der Waals surface area contributed by atoms with Crippen LogP contribution in [0.25, 0.3) is 0 Å². The number of carbonyl (C=O) groups is 2. The summed E-state index contributed by atoms with van der Waals surface area (Å²) in [6, 6.07) is 8.26. The van der Waals surface area contributed by atoms with Crippen molar-refractivity contribution >= 4 is 11.8 Å². The van der Waals surface area contributed by atoms with Crippen LogP contribution in [-0.4, -0.2) is 18.9 Å². The molecule has 2 aliphatic rings. The Morgan fingerprint density at radius 1 is 1.19 bits per heavy atom. The van der Waals surface area contributed by atoms with Crippen molar-refractivity contribution < 1.29 is 14.3 Å². The van der Waals surface area contributed by atoms with Crippen LogP contribution in [0.3, 0.4) is 0 Å². The van der Waals surface area contributed by atoms with E-state index in [1.807, 2.05) is 19.1 Å². The number of methoxy groups -OCH3 is 1. The Labute approximate surface area is 161 Å². The lowest BCUT2D eigenvalue weighted by Crippen LogP contribution is -2.38. The third kappa shape index (κ3) is 3.58. The van der Waals surface area contributed by atoms with Crippen molar-refractivity contribution in [2.75, 3.05) is 7.11 Å². The van der Waals surface area contributed by atoms with Gasteiger partial charge in [0.05, 0.1) is 12.7 Å². The van der Waals surface area contributed by atoms with Crippen molar-refractivity contribution in [3.8, 4) is 0 Å². The topological polar surface area (TPSA) is 55.4 Å². The molecule has 0 fully saturated rings. The fraction of sp³-hybridized carbons (Fsp3) is 0.478. The highest BCUT2D eigenvalue weighted by Crippen LogP contribution is 2.46. The van der Waals surface area contributed by atoms with Gasteiger partial charge in [-0.1, -0.05) is 52.0 Å². The quantitative estimate of drug-likeness (QED) is 0.794. The molecule has 1 aromatic carbocycles. The number of allylic oxidation sites excluding steroid dienone is 3. The molecule has 1 aliphatic heterocycles. The summed E-state index contributed by atoms with van der Waals surface area (Å²) in [5.41, 5.74) is 5.07. The van der Waals surface area contributed by atoms with Crippen molar-refractivity contribution in [2.45, 2.75) is 59.3 Å². The first-order chi connectivity index (χ1) is 12.6. The van der Waals surface area contributed by atoms with E-state index in [9.17, 15) is 9.59 Å². The predicted octanol–water partition coefficient (Wildman–Crippen LogP) is 4.59. The molecule has 0 spiro atoms. The average molecular weight is 367 g/mol. The van der Waals surface area contributed by atoms with Gasteiger partial charge in [-0.05, 0) is 35.8 Å². The SMILES string of the molecule is COC(=O)C1=C(C)NC2=C(C(=O)CC(C)(C)C2)[C@@H]1c1ccc(C(C)C)cc1. The number of benzene rings is 1. The summed E-state index contributed by atoms with van der Waals surface area (Å²) in [5, 5.41) is 3.34. The van der Waals surface area contributed by atoms with E-state index >= 15 is 0 Å². The molecule has 4 heteroatoms. The van der Waals surface area contributed by atoms with Gasteiger partial charge in [-0.3, -0.25) is 4.79 Å². The Morgan fingerprint density at radius 2 is 1.81 bits per heavy atom. The van der Waals surface area contributed by atoms with Gasteiger partial charge in [-0.15, -0.1) is 0 Å². The number of ether oxygens (including phenoxy) is 1. The molecule has 27 heavy (non-hydrogen) atoms. The summed E-state index contributed by atoms with van der Waals surface area (Å²) in [6.07, 6.45) is 1.28.